The number of fused-ring (bicyclic) bond motifs is 1. The van der Waals surface area contributed by atoms with Gasteiger partial charge in [-0.15, -0.1) is 0 Å². The highest BCUT2D eigenvalue weighted by atomic mass is 79.9. The third-order valence-corrected chi connectivity index (χ3v) is 5.29. The Kier molecular flexibility index (Phi) is 6.19. The molecule has 0 aliphatic heterocycles. The largest absolute Gasteiger partial charge is 0.423 e. The van der Waals surface area contributed by atoms with Crippen LogP contribution in [-0.2, 0) is 0 Å². The Morgan fingerprint density at radius 2 is 1.48 bits per heavy atom. The summed E-state index contributed by atoms with van der Waals surface area (Å²) in [5.41, 5.74) is 4.24. The lowest BCUT2D eigenvalue weighted by Gasteiger charge is -2.07. The third kappa shape index (κ3) is 4.87. The Hall–Kier alpha value is -3.77. The van der Waals surface area contributed by atoms with Crippen LogP contribution in [0, 0.1) is 0 Å². The zero-order chi connectivity index (χ0) is 21.6. The van der Waals surface area contributed by atoms with E-state index in [1.54, 1.807) is 48.5 Å². The molecule has 0 aliphatic carbocycles. The molecule has 31 heavy (non-hydrogen) atoms. The van der Waals surface area contributed by atoms with Gasteiger partial charge in [-0.1, -0.05) is 48.5 Å². The second-order valence-electron chi connectivity index (χ2n) is 6.66. The fourth-order valence-electron chi connectivity index (χ4n) is 3.06. The van der Waals surface area contributed by atoms with Gasteiger partial charge in [-0.05, 0) is 74.7 Å². The normalized spacial score (nSPS) is 10.9. The number of carbonyl (C=O) groups excluding carboxylic acids is 2. The maximum Gasteiger partial charge on any atom is 0.344 e. The van der Waals surface area contributed by atoms with E-state index in [1.165, 1.54) is 6.21 Å². The van der Waals surface area contributed by atoms with Crippen LogP contribution in [0.3, 0.4) is 0 Å². The highest BCUT2D eigenvalue weighted by Crippen LogP contribution is 2.21. The average Bonchev–Trinajstić information content (AvgIpc) is 2.80. The average molecular weight is 473 g/mol. The molecule has 0 radical (unpaired) electrons. The molecule has 0 unspecified atom stereocenters. The highest BCUT2D eigenvalue weighted by molar-refractivity contribution is 9.10. The number of hydrogen-bond donors (Lipinski definition) is 1. The van der Waals surface area contributed by atoms with Crippen molar-refractivity contribution in [3.63, 3.8) is 0 Å². The molecule has 6 heteroatoms. The van der Waals surface area contributed by atoms with Gasteiger partial charge >= 0.3 is 5.97 Å². The SMILES string of the molecule is O=C(N/N=C/c1ccc(OC(=O)c2cccc3ccccc23)cc1)c1ccccc1Br. The zero-order valence-electron chi connectivity index (χ0n) is 16.3. The highest BCUT2D eigenvalue weighted by Gasteiger charge is 2.12. The van der Waals surface area contributed by atoms with Crippen LogP contribution in [0.5, 0.6) is 5.75 Å². The van der Waals surface area contributed by atoms with E-state index < -0.39 is 5.97 Å². The number of ether oxygens (including phenoxy) is 1. The van der Waals surface area contributed by atoms with Crippen LogP contribution in [0.1, 0.15) is 26.3 Å². The molecule has 152 valence electrons. The molecule has 5 nitrogen and oxygen atoms in total. The van der Waals surface area contributed by atoms with E-state index in [-0.39, 0.29) is 5.91 Å². The van der Waals surface area contributed by atoms with E-state index in [9.17, 15) is 9.59 Å². The van der Waals surface area contributed by atoms with Crippen molar-refractivity contribution in [2.45, 2.75) is 0 Å². The lowest BCUT2D eigenvalue weighted by molar-refractivity contribution is 0.0736. The summed E-state index contributed by atoms with van der Waals surface area (Å²) in [4.78, 5) is 24.8. The molecule has 0 fully saturated rings. The Balaban J connectivity index is 1.40. The molecule has 4 aromatic carbocycles. The number of hydrazone groups is 1. The summed E-state index contributed by atoms with van der Waals surface area (Å²) in [5.74, 6) is -0.310. The summed E-state index contributed by atoms with van der Waals surface area (Å²) in [6.45, 7) is 0. The molecule has 0 heterocycles. The second-order valence-corrected chi connectivity index (χ2v) is 7.52. The molecule has 4 aromatic rings. The minimum Gasteiger partial charge on any atom is -0.423 e. The predicted molar refractivity (Wildman–Crippen MR) is 125 cm³/mol. The van der Waals surface area contributed by atoms with Gasteiger partial charge in [0.25, 0.3) is 5.91 Å². The summed E-state index contributed by atoms with van der Waals surface area (Å²) in [7, 11) is 0. The number of rotatable bonds is 5. The Morgan fingerprint density at radius 1 is 0.806 bits per heavy atom. The number of esters is 1. The van der Waals surface area contributed by atoms with Crippen LogP contribution in [0.15, 0.2) is 101 Å². The van der Waals surface area contributed by atoms with Gasteiger partial charge in [0.2, 0.25) is 0 Å². The summed E-state index contributed by atoms with van der Waals surface area (Å²) >= 11 is 3.34. The maximum absolute atomic E-state index is 12.6. The van der Waals surface area contributed by atoms with E-state index in [0.717, 1.165) is 16.3 Å². The number of benzene rings is 4. The molecular weight excluding hydrogens is 456 g/mol. The minimum atomic E-state index is -0.418. The molecule has 0 saturated heterocycles. The van der Waals surface area contributed by atoms with Crippen LogP contribution < -0.4 is 10.2 Å². The summed E-state index contributed by atoms with van der Waals surface area (Å²) in [6, 6.07) is 27.2. The monoisotopic (exact) mass is 472 g/mol. The number of nitrogens with zero attached hydrogens (tertiary/aromatic N) is 1. The second kappa shape index (κ2) is 9.36. The van der Waals surface area contributed by atoms with Gasteiger partial charge in [0.05, 0.1) is 17.3 Å². The molecule has 0 atom stereocenters. The molecule has 0 bridgehead atoms. The van der Waals surface area contributed by atoms with Gasteiger partial charge in [-0.25, -0.2) is 10.2 Å². The van der Waals surface area contributed by atoms with Gasteiger partial charge in [-0.2, -0.15) is 5.10 Å². The Morgan fingerprint density at radius 3 is 2.29 bits per heavy atom. The van der Waals surface area contributed by atoms with Crippen molar-refractivity contribution in [1.29, 1.82) is 0 Å². The van der Waals surface area contributed by atoms with Crippen molar-refractivity contribution in [2.24, 2.45) is 5.10 Å². The van der Waals surface area contributed by atoms with Crippen LogP contribution in [0.2, 0.25) is 0 Å². The van der Waals surface area contributed by atoms with E-state index in [1.807, 2.05) is 42.5 Å². The van der Waals surface area contributed by atoms with Gasteiger partial charge in [-0.3, -0.25) is 4.79 Å². The molecule has 4 rings (SSSR count). The third-order valence-electron chi connectivity index (χ3n) is 4.60. The number of carbonyl (C=O) groups is 2. The van der Waals surface area contributed by atoms with Crippen LogP contribution in [0.25, 0.3) is 10.8 Å². The molecule has 0 aromatic heterocycles. The molecule has 1 N–H and O–H groups in total. The summed E-state index contributed by atoms with van der Waals surface area (Å²) < 4.78 is 6.21. The van der Waals surface area contributed by atoms with Crippen LogP contribution in [-0.4, -0.2) is 18.1 Å². The van der Waals surface area contributed by atoms with Crippen LogP contribution >= 0.6 is 15.9 Å². The number of amides is 1. The first-order chi connectivity index (χ1) is 15.1. The van der Waals surface area contributed by atoms with Crippen molar-refractivity contribution >= 4 is 44.8 Å². The first kappa shape index (κ1) is 20.5. The van der Waals surface area contributed by atoms with Crippen molar-refractivity contribution in [2.75, 3.05) is 0 Å². The Labute approximate surface area is 187 Å². The number of nitrogens with one attached hydrogen (secondary N) is 1. The molecule has 0 spiro atoms. The predicted octanol–water partition coefficient (Wildman–Crippen LogP) is 5.59. The molecule has 1 amide bonds. The van der Waals surface area contributed by atoms with Gasteiger partial charge < -0.3 is 4.74 Å². The first-order valence-electron chi connectivity index (χ1n) is 9.50. The molecular formula is C25H17BrN2O3. The lowest BCUT2D eigenvalue weighted by Crippen LogP contribution is -2.18. The van der Waals surface area contributed by atoms with E-state index in [4.69, 9.17) is 4.74 Å². The molecule has 0 saturated carbocycles. The van der Waals surface area contributed by atoms with Crippen molar-refractivity contribution in [1.82, 2.24) is 5.43 Å². The van der Waals surface area contributed by atoms with Gasteiger partial charge in [0, 0.05) is 4.47 Å². The van der Waals surface area contributed by atoms with Crippen molar-refractivity contribution in [3.05, 3.63) is 112 Å². The summed E-state index contributed by atoms with van der Waals surface area (Å²) in [5, 5.41) is 5.80. The van der Waals surface area contributed by atoms with Gasteiger partial charge in [0.1, 0.15) is 5.75 Å². The maximum atomic E-state index is 12.6. The smallest absolute Gasteiger partial charge is 0.344 e. The molecule has 0 aliphatic rings. The van der Waals surface area contributed by atoms with Crippen LogP contribution in [0.4, 0.5) is 0 Å². The van der Waals surface area contributed by atoms with Crippen molar-refractivity contribution < 1.29 is 14.3 Å². The quantitative estimate of drug-likeness (QED) is 0.178. The first-order valence-corrected chi connectivity index (χ1v) is 10.3. The zero-order valence-corrected chi connectivity index (χ0v) is 17.9. The van der Waals surface area contributed by atoms with Gasteiger partial charge in [0.15, 0.2) is 0 Å². The lowest BCUT2D eigenvalue weighted by atomic mass is 10.0. The van der Waals surface area contributed by atoms with E-state index >= 15 is 0 Å². The Bertz CT molecular complexity index is 1280. The van der Waals surface area contributed by atoms with E-state index in [2.05, 4.69) is 26.5 Å². The van der Waals surface area contributed by atoms with E-state index in [0.29, 0.717) is 21.3 Å². The number of hydrogen-bond acceptors (Lipinski definition) is 4. The topological polar surface area (TPSA) is 67.8 Å². The minimum absolute atomic E-state index is 0.315. The standard InChI is InChI=1S/C25H17BrN2O3/c26-23-11-4-3-9-22(23)24(29)28-27-16-17-12-14-19(15-13-17)31-25(30)21-10-5-7-18-6-1-2-8-20(18)21/h1-16H,(H,28,29)/b27-16+. The fourth-order valence-corrected chi connectivity index (χ4v) is 3.52. The summed E-state index contributed by atoms with van der Waals surface area (Å²) in [6.07, 6.45) is 1.52. The fraction of sp³-hybridized carbons (Fsp3) is 0. The number of halogens is 1. The van der Waals surface area contributed by atoms with Crippen molar-refractivity contribution in [3.8, 4) is 5.75 Å².